The van der Waals surface area contributed by atoms with E-state index in [0.717, 1.165) is 0 Å². The monoisotopic (exact) mass is 338 g/mol. The molecule has 96 valence electrons. The van der Waals surface area contributed by atoms with Gasteiger partial charge in [0, 0.05) is 23.3 Å². The SMILES string of the molecule is Cn1cc(C#N)c(NC(=O)c2ccc(Br)c(Cl)c2)n1. The molecule has 1 heterocycles. The number of carbonyl (C=O) groups excluding carboxylic acids is 1. The standard InChI is InChI=1S/C12H8BrClN4O/c1-18-6-8(5-15)11(17-18)16-12(19)7-2-3-9(13)10(14)4-7/h2-4,6H,1H3,(H,16,17,19). The molecule has 1 amide bonds. The van der Waals surface area contributed by atoms with Crippen molar-refractivity contribution in [1.82, 2.24) is 9.78 Å². The average molecular weight is 340 g/mol. The third-order valence-electron chi connectivity index (χ3n) is 2.36. The lowest BCUT2D eigenvalue weighted by molar-refractivity contribution is 0.102. The molecule has 1 aromatic heterocycles. The van der Waals surface area contributed by atoms with Crippen molar-refractivity contribution in [2.75, 3.05) is 5.32 Å². The minimum Gasteiger partial charge on any atom is -0.304 e. The van der Waals surface area contributed by atoms with Crippen LogP contribution in [0.5, 0.6) is 0 Å². The van der Waals surface area contributed by atoms with E-state index < -0.39 is 0 Å². The molecular weight excluding hydrogens is 332 g/mol. The van der Waals surface area contributed by atoms with Crippen LogP contribution in [0, 0.1) is 11.3 Å². The lowest BCUT2D eigenvalue weighted by Crippen LogP contribution is -2.13. The Labute approximate surface area is 122 Å². The number of amides is 1. The predicted octanol–water partition coefficient (Wildman–Crippen LogP) is 2.96. The highest BCUT2D eigenvalue weighted by Gasteiger charge is 2.13. The van der Waals surface area contributed by atoms with Crippen molar-refractivity contribution < 1.29 is 4.79 Å². The van der Waals surface area contributed by atoms with Gasteiger partial charge in [0.2, 0.25) is 0 Å². The number of hydrogen-bond donors (Lipinski definition) is 1. The minimum absolute atomic E-state index is 0.231. The Kier molecular flexibility index (Phi) is 3.88. The highest BCUT2D eigenvalue weighted by Crippen LogP contribution is 2.23. The predicted molar refractivity (Wildman–Crippen MR) is 75.0 cm³/mol. The number of hydrogen-bond acceptors (Lipinski definition) is 3. The molecule has 0 saturated heterocycles. The van der Waals surface area contributed by atoms with Crippen molar-refractivity contribution in [3.8, 4) is 6.07 Å². The van der Waals surface area contributed by atoms with Gasteiger partial charge < -0.3 is 5.32 Å². The number of halogens is 2. The summed E-state index contributed by atoms with van der Waals surface area (Å²) in [6.45, 7) is 0. The first-order valence-corrected chi connectivity index (χ1v) is 6.38. The summed E-state index contributed by atoms with van der Waals surface area (Å²) in [6.07, 6.45) is 1.53. The first kappa shape index (κ1) is 13.6. The summed E-state index contributed by atoms with van der Waals surface area (Å²) in [5, 5.41) is 15.9. The van der Waals surface area contributed by atoms with Gasteiger partial charge in [-0.3, -0.25) is 9.48 Å². The Bertz CT molecular complexity index is 690. The molecule has 0 unspecified atom stereocenters. The molecule has 0 fully saturated rings. The van der Waals surface area contributed by atoms with Crippen LogP contribution in [-0.4, -0.2) is 15.7 Å². The number of benzene rings is 1. The van der Waals surface area contributed by atoms with Crippen molar-refractivity contribution >= 4 is 39.3 Å². The van der Waals surface area contributed by atoms with Gasteiger partial charge in [-0.25, -0.2) is 0 Å². The van der Waals surface area contributed by atoms with Crippen molar-refractivity contribution in [3.05, 3.63) is 45.0 Å². The van der Waals surface area contributed by atoms with Gasteiger partial charge in [-0.15, -0.1) is 0 Å². The largest absolute Gasteiger partial charge is 0.304 e. The lowest BCUT2D eigenvalue weighted by atomic mass is 10.2. The second-order valence-electron chi connectivity index (χ2n) is 3.76. The molecule has 7 heteroatoms. The molecule has 2 aromatic rings. The van der Waals surface area contributed by atoms with E-state index in [-0.39, 0.29) is 11.7 Å². The first-order valence-electron chi connectivity index (χ1n) is 5.21. The number of rotatable bonds is 2. The molecule has 0 spiro atoms. The van der Waals surface area contributed by atoms with Crippen molar-refractivity contribution in [3.63, 3.8) is 0 Å². The maximum Gasteiger partial charge on any atom is 0.256 e. The fraction of sp³-hybridized carbons (Fsp3) is 0.0833. The normalized spacial score (nSPS) is 10.0. The molecule has 0 radical (unpaired) electrons. The molecule has 1 aromatic carbocycles. The third-order valence-corrected chi connectivity index (χ3v) is 3.60. The maximum atomic E-state index is 12.0. The third kappa shape index (κ3) is 2.95. The fourth-order valence-corrected chi connectivity index (χ4v) is 1.91. The van der Waals surface area contributed by atoms with E-state index >= 15 is 0 Å². The Hall–Kier alpha value is -1.84. The Morgan fingerprint density at radius 2 is 2.32 bits per heavy atom. The summed E-state index contributed by atoms with van der Waals surface area (Å²) in [7, 11) is 1.67. The van der Waals surface area contributed by atoms with E-state index in [2.05, 4.69) is 26.3 Å². The molecule has 0 saturated carbocycles. The minimum atomic E-state index is -0.371. The zero-order chi connectivity index (χ0) is 14.0. The summed E-state index contributed by atoms with van der Waals surface area (Å²) in [6, 6.07) is 6.81. The first-order chi connectivity index (χ1) is 9.01. The smallest absolute Gasteiger partial charge is 0.256 e. The Morgan fingerprint density at radius 1 is 1.58 bits per heavy atom. The van der Waals surface area contributed by atoms with E-state index in [1.165, 1.54) is 16.9 Å². The van der Waals surface area contributed by atoms with Gasteiger partial charge in [0.25, 0.3) is 5.91 Å². The van der Waals surface area contributed by atoms with Gasteiger partial charge in [-0.1, -0.05) is 11.6 Å². The number of nitrogens with zero attached hydrogens (tertiary/aromatic N) is 3. The van der Waals surface area contributed by atoms with Gasteiger partial charge in [0.15, 0.2) is 5.82 Å². The summed E-state index contributed by atoms with van der Waals surface area (Å²) in [4.78, 5) is 12.0. The molecule has 0 aliphatic heterocycles. The maximum absolute atomic E-state index is 12.0. The molecule has 0 aliphatic carbocycles. The summed E-state index contributed by atoms with van der Waals surface area (Å²) < 4.78 is 2.17. The zero-order valence-corrected chi connectivity index (χ0v) is 12.2. The Balaban J connectivity index is 2.26. The van der Waals surface area contributed by atoms with Crippen LogP contribution in [0.2, 0.25) is 5.02 Å². The van der Waals surface area contributed by atoms with Crippen LogP contribution in [0.4, 0.5) is 5.82 Å². The second-order valence-corrected chi connectivity index (χ2v) is 5.02. The van der Waals surface area contributed by atoms with E-state index in [9.17, 15) is 4.79 Å². The van der Waals surface area contributed by atoms with Crippen LogP contribution in [0.15, 0.2) is 28.9 Å². The summed E-state index contributed by atoms with van der Waals surface area (Å²) in [5.41, 5.74) is 0.696. The van der Waals surface area contributed by atoms with Crippen LogP contribution >= 0.6 is 27.5 Å². The van der Waals surface area contributed by atoms with Gasteiger partial charge in [0.05, 0.1) is 5.02 Å². The van der Waals surface area contributed by atoms with Crippen LogP contribution in [0.3, 0.4) is 0 Å². The van der Waals surface area contributed by atoms with Crippen LogP contribution in [0.25, 0.3) is 0 Å². The Morgan fingerprint density at radius 3 is 2.95 bits per heavy atom. The van der Waals surface area contributed by atoms with Gasteiger partial charge in [-0.2, -0.15) is 10.4 Å². The zero-order valence-electron chi connectivity index (χ0n) is 9.82. The second kappa shape index (κ2) is 5.43. The van der Waals surface area contributed by atoms with Crippen molar-refractivity contribution in [1.29, 1.82) is 5.26 Å². The average Bonchev–Trinajstić information content (AvgIpc) is 2.72. The molecule has 0 bridgehead atoms. The fourth-order valence-electron chi connectivity index (χ4n) is 1.48. The lowest BCUT2D eigenvalue weighted by Gasteiger charge is -2.04. The molecule has 0 aliphatic rings. The van der Waals surface area contributed by atoms with Crippen LogP contribution in [0.1, 0.15) is 15.9 Å². The highest BCUT2D eigenvalue weighted by molar-refractivity contribution is 9.10. The number of anilines is 1. The summed E-state index contributed by atoms with van der Waals surface area (Å²) >= 11 is 9.17. The number of aryl methyl sites for hydroxylation is 1. The topological polar surface area (TPSA) is 70.7 Å². The molecule has 2 rings (SSSR count). The highest BCUT2D eigenvalue weighted by atomic mass is 79.9. The molecular formula is C12H8BrClN4O. The molecule has 1 N–H and O–H groups in total. The number of carbonyl (C=O) groups is 1. The summed E-state index contributed by atoms with van der Waals surface area (Å²) in [5.74, 6) is -0.140. The van der Waals surface area contributed by atoms with Gasteiger partial charge in [0.1, 0.15) is 11.6 Å². The number of nitriles is 1. The number of nitrogens with one attached hydrogen (secondary N) is 1. The van der Waals surface area contributed by atoms with E-state index in [4.69, 9.17) is 16.9 Å². The molecule has 0 atom stereocenters. The van der Waals surface area contributed by atoms with Gasteiger partial charge >= 0.3 is 0 Å². The van der Waals surface area contributed by atoms with Crippen LogP contribution in [-0.2, 0) is 7.05 Å². The van der Waals surface area contributed by atoms with Crippen molar-refractivity contribution in [2.24, 2.45) is 7.05 Å². The van der Waals surface area contributed by atoms with E-state index in [1.807, 2.05) is 6.07 Å². The molecule has 19 heavy (non-hydrogen) atoms. The van der Waals surface area contributed by atoms with Crippen molar-refractivity contribution in [2.45, 2.75) is 0 Å². The number of aromatic nitrogens is 2. The molecule has 5 nitrogen and oxygen atoms in total. The van der Waals surface area contributed by atoms with E-state index in [0.29, 0.717) is 20.6 Å². The van der Waals surface area contributed by atoms with Crippen LogP contribution < -0.4 is 5.32 Å². The van der Waals surface area contributed by atoms with Gasteiger partial charge in [-0.05, 0) is 34.1 Å². The quantitative estimate of drug-likeness (QED) is 0.914. The van der Waals surface area contributed by atoms with E-state index in [1.54, 1.807) is 19.2 Å².